The van der Waals surface area contributed by atoms with Gasteiger partial charge >= 0.3 is 0 Å². The maximum Gasteiger partial charge on any atom is 0.261 e. The van der Waals surface area contributed by atoms with Gasteiger partial charge in [0.25, 0.3) is 5.91 Å². The molecule has 1 aliphatic rings. The second kappa shape index (κ2) is 9.00. The Morgan fingerprint density at radius 2 is 1.90 bits per heavy atom. The van der Waals surface area contributed by atoms with Crippen LogP contribution in [0.2, 0.25) is 0 Å². The Morgan fingerprint density at radius 1 is 1.10 bits per heavy atom. The van der Waals surface area contributed by atoms with E-state index in [1.54, 1.807) is 42.5 Å². The van der Waals surface area contributed by atoms with Crippen LogP contribution >= 0.6 is 11.8 Å². The third-order valence-corrected chi connectivity index (χ3v) is 5.86. The number of carbonyl (C=O) groups is 2. The monoisotopic (exact) mass is 419 g/mol. The molecule has 6 nitrogen and oxygen atoms in total. The number of nitrogens with zero attached hydrogens (tertiary/aromatic N) is 2. The molecule has 0 saturated carbocycles. The lowest BCUT2D eigenvalue weighted by atomic mass is 10.2. The molecule has 0 radical (unpaired) electrons. The van der Waals surface area contributed by atoms with Crippen molar-refractivity contribution in [2.75, 3.05) is 23.9 Å². The Labute approximate surface area is 179 Å². The van der Waals surface area contributed by atoms with E-state index in [0.29, 0.717) is 35.0 Å². The van der Waals surface area contributed by atoms with Crippen molar-refractivity contribution >= 4 is 35.0 Å². The van der Waals surface area contributed by atoms with Crippen molar-refractivity contribution in [1.82, 2.24) is 4.98 Å². The first-order valence-corrected chi connectivity index (χ1v) is 10.5. The van der Waals surface area contributed by atoms with E-state index >= 15 is 0 Å². The third kappa shape index (κ3) is 4.16. The Balaban J connectivity index is 1.47. The van der Waals surface area contributed by atoms with Crippen LogP contribution in [0.4, 0.5) is 11.4 Å². The topological polar surface area (TPSA) is 71.5 Å². The number of pyridine rings is 1. The van der Waals surface area contributed by atoms with Crippen molar-refractivity contribution in [3.05, 3.63) is 72.4 Å². The molecule has 0 bridgehead atoms. The van der Waals surface area contributed by atoms with E-state index in [9.17, 15) is 9.59 Å². The van der Waals surface area contributed by atoms with Gasteiger partial charge in [-0.25, -0.2) is 4.98 Å². The van der Waals surface area contributed by atoms with Gasteiger partial charge in [-0.15, -0.1) is 0 Å². The molecule has 0 spiro atoms. The predicted molar refractivity (Wildman–Crippen MR) is 117 cm³/mol. The number of para-hydroxylation sites is 3. The van der Waals surface area contributed by atoms with Gasteiger partial charge in [0.15, 0.2) is 0 Å². The number of hydrogen-bond acceptors (Lipinski definition) is 5. The van der Waals surface area contributed by atoms with Crippen LogP contribution in [-0.4, -0.2) is 30.5 Å². The molecule has 0 aliphatic carbocycles. The lowest BCUT2D eigenvalue weighted by Crippen LogP contribution is -2.32. The van der Waals surface area contributed by atoms with Crippen LogP contribution in [0.25, 0.3) is 0 Å². The van der Waals surface area contributed by atoms with Crippen LogP contribution < -0.4 is 15.0 Å². The van der Waals surface area contributed by atoms with E-state index in [-0.39, 0.29) is 18.2 Å². The molecule has 152 valence electrons. The van der Waals surface area contributed by atoms with Crippen molar-refractivity contribution in [3.8, 4) is 5.75 Å². The minimum absolute atomic E-state index is 0.0966. The van der Waals surface area contributed by atoms with E-state index in [1.807, 2.05) is 36.4 Å². The number of ether oxygens (including phenoxy) is 1. The van der Waals surface area contributed by atoms with Gasteiger partial charge in [0.1, 0.15) is 10.8 Å². The van der Waals surface area contributed by atoms with Crippen LogP contribution in [0.3, 0.4) is 0 Å². The summed E-state index contributed by atoms with van der Waals surface area (Å²) in [5, 5.41) is 3.58. The first kappa shape index (κ1) is 20.0. The molecule has 3 aromatic rings. The summed E-state index contributed by atoms with van der Waals surface area (Å²) in [6.45, 7) is 0.435. The van der Waals surface area contributed by atoms with Crippen LogP contribution in [0.1, 0.15) is 23.2 Å². The van der Waals surface area contributed by atoms with Crippen molar-refractivity contribution in [2.45, 2.75) is 22.8 Å². The highest BCUT2D eigenvalue weighted by atomic mass is 32.2. The van der Waals surface area contributed by atoms with Crippen molar-refractivity contribution in [2.24, 2.45) is 0 Å². The Bertz CT molecular complexity index is 1090. The van der Waals surface area contributed by atoms with Gasteiger partial charge in [0, 0.05) is 24.1 Å². The van der Waals surface area contributed by atoms with Crippen LogP contribution in [0, 0.1) is 0 Å². The molecule has 0 atom stereocenters. The number of methoxy groups -OCH3 is 1. The lowest BCUT2D eigenvalue weighted by molar-refractivity contribution is -0.116. The largest absolute Gasteiger partial charge is 0.495 e. The Morgan fingerprint density at radius 3 is 2.77 bits per heavy atom. The number of amides is 2. The SMILES string of the molecule is COc1ccccc1NC(=O)CCCN1C(=O)c2cccnc2Sc2ccccc21. The first-order chi connectivity index (χ1) is 14.7. The van der Waals surface area contributed by atoms with Crippen LogP contribution in [-0.2, 0) is 4.79 Å². The van der Waals surface area contributed by atoms with E-state index in [0.717, 1.165) is 10.6 Å². The zero-order valence-corrected chi connectivity index (χ0v) is 17.3. The van der Waals surface area contributed by atoms with Crippen molar-refractivity contribution in [3.63, 3.8) is 0 Å². The molecule has 0 saturated heterocycles. The minimum atomic E-state index is -0.119. The standard InChI is InChI=1S/C23H21N3O3S/c1-29-19-11-4-2-9-17(19)25-21(27)13-7-15-26-18-10-3-5-12-20(18)30-22-16(23(26)28)8-6-14-24-22/h2-6,8-12,14H,7,13,15H2,1H3,(H,25,27). The number of anilines is 2. The molecule has 1 aromatic heterocycles. The zero-order valence-electron chi connectivity index (χ0n) is 16.5. The summed E-state index contributed by atoms with van der Waals surface area (Å²) in [6, 6.07) is 18.6. The van der Waals surface area contributed by atoms with Gasteiger partial charge in [-0.2, -0.15) is 0 Å². The first-order valence-electron chi connectivity index (χ1n) is 9.64. The molecular weight excluding hydrogens is 398 g/mol. The summed E-state index contributed by atoms with van der Waals surface area (Å²) >= 11 is 1.49. The number of benzene rings is 2. The van der Waals surface area contributed by atoms with Gasteiger partial charge in [0.05, 0.1) is 24.0 Å². The molecule has 0 fully saturated rings. The number of hydrogen-bond donors (Lipinski definition) is 1. The van der Waals surface area contributed by atoms with Crippen LogP contribution in [0.5, 0.6) is 5.75 Å². The molecular formula is C23H21N3O3S. The number of fused-ring (bicyclic) bond motifs is 2. The number of aromatic nitrogens is 1. The van der Waals surface area contributed by atoms with E-state index in [4.69, 9.17) is 4.74 Å². The average Bonchev–Trinajstić information content (AvgIpc) is 2.89. The van der Waals surface area contributed by atoms with Crippen LogP contribution in [0.15, 0.2) is 76.8 Å². The third-order valence-electron chi connectivity index (χ3n) is 4.78. The highest BCUT2D eigenvalue weighted by molar-refractivity contribution is 7.99. The Hall–Kier alpha value is -3.32. The fourth-order valence-electron chi connectivity index (χ4n) is 3.34. The molecule has 30 heavy (non-hydrogen) atoms. The molecule has 1 aliphatic heterocycles. The van der Waals surface area contributed by atoms with Gasteiger partial charge < -0.3 is 15.0 Å². The van der Waals surface area contributed by atoms with Crippen molar-refractivity contribution < 1.29 is 14.3 Å². The zero-order chi connectivity index (χ0) is 20.9. The minimum Gasteiger partial charge on any atom is -0.495 e. The van der Waals surface area contributed by atoms with Crippen molar-refractivity contribution in [1.29, 1.82) is 0 Å². The van der Waals surface area contributed by atoms with Gasteiger partial charge in [-0.1, -0.05) is 36.0 Å². The second-order valence-corrected chi connectivity index (χ2v) is 7.77. The second-order valence-electron chi connectivity index (χ2n) is 6.73. The maximum atomic E-state index is 13.2. The molecule has 0 unspecified atom stereocenters. The van der Waals surface area contributed by atoms with E-state index in [1.165, 1.54) is 11.8 Å². The Kier molecular flexibility index (Phi) is 5.99. The summed E-state index contributed by atoms with van der Waals surface area (Å²) in [4.78, 5) is 32.7. The summed E-state index contributed by atoms with van der Waals surface area (Å²) in [5.74, 6) is 0.399. The average molecular weight is 420 g/mol. The highest BCUT2D eigenvalue weighted by Crippen LogP contribution is 2.40. The molecule has 2 aromatic carbocycles. The normalized spacial score (nSPS) is 12.6. The highest BCUT2D eigenvalue weighted by Gasteiger charge is 2.27. The fraction of sp³-hybridized carbons (Fsp3) is 0.174. The molecule has 7 heteroatoms. The number of rotatable bonds is 6. The molecule has 2 heterocycles. The maximum absolute atomic E-state index is 13.2. The summed E-state index contributed by atoms with van der Waals surface area (Å²) in [7, 11) is 1.57. The van der Waals surface area contributed by atoms with E-state index < -0.39 is 0 Å². The summed E-state index contributed by atoms with van der Waals surface area (Å²) in [5.41, 5.74) is 2.06. The van der Waals surface area contributed by atoms with Gasteiger partial charge in [-0.3, -0.25) is 9.59 Å². The fourth-order valence-corrected chi connectivity index (χ4v) is 4.36. The van der Waals surface area contributed by atoms with E-state index in [2.05, 4.69) is 10.3 Å². The smallest absolute Gasteiger partial charge is 0.261 e. The predicted octanol–water partition coefficient (Wildman–Crippen LogP) is 4.62. The molecule has 1 N–H and O–H groups in total. The van der Waals surface area contributed by atoms with Gasteiger partial charge in [-0.05, 0) is 42.8 Å². The summed E-state index contributed by atoms with van der Waals surface area (Å²) < 4.78 is 5.27. The molecule has 2 amide bonds. The quantitative estimate of drug-likeness (QED) is 0.631. The molecule has 4 rings (SSSR count). The van der Waals surface area contributed by atoms with Gasteiger partial charge in [0.2, 0.25) is 5.91 Å². The lowest BCUT2D eigenvalue weighted by Gasteiger charge is -2.22. The summed E-state index contributed by atoms with van der Waals surface area (Å²) in [6.07, 6.45) is 2.51. The number of nitrogens with one attached hydrogen (secondary N) is 1. The number of carbonyl (C=O) groups excluding carboxylic acids is 2.